The van der Waals surface area contributed by atoms with Crippen LogP contribution >= 0.6 is 0 Å². The third kappa shape index (κ3) is 3.41. The Bertz CT molecular complexity index is 1370. The first-order chi connectivity index (χ1) is 16.6. The molecule has 1 aliphatic heterocycles. The lowest BCUT2D eigenvalue weighted by Gasteiger charge is -2.16. The van der Waals surface area contributed by atoms with E-state index in [2.05, 4.69) is 31.5 Å². The molecule has 4 aromatic heterocycles. The number of aliphatic hydroxyl groups is 1. The average molecular weight is 462 g/mol. The van der Waals surface area contributed by atoms with Crippen LogP contribution in [-0.2, 0) is 4.74 Å². The lowest BCUT2D eigenvalue weighted by Crippen LogP contribution is -2.39. The van der Waals surface area contributed by atoms with Crippen molar-refractivity contribution >= 4 is 28.4 Å². The van der Waals surface area contributed by atoms with Crippen LogP contribution < -0.4 is 10.6 Å². The molecule has 2 fully saturated rings. The number of fused-ring (bicyclic) bond motifs is 2. The molecule has 10 heteroatoms. The van der Waals surface area contributed by atoms with Crippen LogP contribution in [0.2, 0.25) is 0 Å². The summed E-state index contributed by atoms with van der Waals surface area (Å²) in [4.78, 5) is 22.6. The van der Waals surface area contributed by atoms with Gasteiger partial charge in [0.05, 0.1) is 36.7 Å². The molecule has 176 valence electrons. The van der Waals surface area contributed by atoms with Crippen LogP contribution in [0, 0.1) is 0 Å². The minimum atomic E-state index is -0.514. The second kappa shape index (κ2) is 8.37. The third-order valence-electron chi connectivity index (χ3n) is 6.93. The Morgan fingerprint density at radius 1 is 1.26 bits per heavy atom. The summed E-state index contributed by atoms with van der Waals surface area (Å²) in [6.07, 6.45) is 8.21. The van der Waals surface area contributed by atoms with Gasteiger partial charge < -0.3 is 25.0 Å². The van der Waals surface area contributed by atoms with Gasteiger partial charge in [0, 0.05) is 43.1 Å². The summed E-state index contributed by atoms with van der Waals surface area (Å²) in [5.74, 6) is 0.439. The average Bonchev–Trinajstić information content (AvgIpc) is 3.64. The number of ether oxygens (including phenoxy) is 1. The van der Waals surface area contributed by atoms with E-state index in [-0.39, 0.29) is 18.0 Å². The molecule has 1 aliphatic carbocycles. The highest BCUT2D eigenvalue weighted by Gasteiger charge is 2.29. The molecule has 1 amide bonds. The van der Waals surface area contributed by atoms with Crippen molar-refractivity contribution in [1.82, 2.24) is 29.5 Å². The fourth-order valence-electron chi connectivity index (χ4n) is 5.10. The van der Waals surface area contributed by atoms with Crippen LogP contribution in [0.3, 0.4) is 0 Å². The van der Waals surface area contributed by atoms with E-state index in [1.165, 1.54) is 6.20 Å². The Morgan fingerprint density at radius 3 is 2.94 bits per heavy atom. The molecular formula is C24H27N7O3. The van der Waals surface area contributed by atoms with Crippen molar-refractivity contribution in [3.8, 4) is 11.3 Å². The largest absolute Gasteiger partial charge is 0.391 e. The molecule has 3 atom stereocenters. The number of amides is 1. The van der Waals surface area contributed by atoms with Gasteiger partial charge in [-0.25, -0.2) is 9.97 Å². The van der Waals surface area contributed by atoms with Crippen LogP contribution in [0.15, 0.2) is 36.8 Å². The van der Waals surface area contributed by atoms with E-state index >= 15 is 0 Å². The maximum Gasteiger partial charge on any atom is 0.257 e. The van der Waals surface area contributed by atoms with E-state index in [4.69, 9.17) is 9.72 Å². The Labute approximate surface area is 196 Å². The van der Waals surface area contributed by atoms with E-state index in [1.807, 2.05) is 25.2 Å². The van der Waals surface area contributed by atoms with E-state index < -0.39 is 6.10 Å². The van der Waals surface area contributed by atoms with Crippen LogP contribution in [0.25, 0.3) is 27.9 Å². The number of carbonyl (C=O) groups is 1. The molecule has 0 radical (unpaired) electrons. The minimum absolute atomic E-state index is 0.229. The highest BCUT2D eigenvalue weighted by molar-refractivity contribution is 6.01. The molecule has 0 spiro atoms. The van der Waals surface area contributed by atoms with Gasteiger partial charge in [0.25, 0.3) is 5.91 Å². The maximum absolute atomic E-state index is 13.1. The normalized spacial score (nSPS) is 22.6. The zero-order valence-electron chi connectivity index (χ0n) is 18.9. The summed E-state index contributed by atoms with van der Waals surface area (Å²) in [5.41, 5.74) is 3.39. The van der Waals surface area contributed by atoms with Gasteiger partial charge in [-0.3, -0.25) is 4.79 Å². The van der Waals surface area contributed by atoms with Crippen LogP contribution in [-0.4, -0.2) is 67.6 Å². The van der Waals surface area contributed by atoms with Crippen molar-refractivity contribution in [3.63, 3.8) is 0 Å². The van der Waals surface area contributed by atoms with Gasteiger partial charge in [-0.2, -0.15) is 9.61 Å². The Kier molecular flexibility index (Phi) is 5.19. The van der Waals surface area contributed by atoms with E-state index in [0.717, 1.165) is 48.2 Å². The number of nitrogens with zero attached hydrogens (tertiary/aromatic N) is 5. The summed E-state index contributed by atoms with van der Waals surface area (Å²) < 4.78 is 9.42. The molecule has 1 saturated heterocycles. The summed E-state index contributed by atoms with van der Waals surface area (Å²) in [6, 6.07) is 5.88. The Balaban J connectivity index is 1.46. The molecule has 0 aromatic carbocycles. The number of hydrogen-bond acceptors (Lipinski definition) is 7. The second-order valence-corrected chi connectivity index (χ2v) is 8.99. The van der Waals surface area contributed by atoms with Gasteiger partial charge in [-0.15, -0.1) is 0 Å². The number of nitrogens with one attached hydrogen (secondary N) is 2. The summed E-state index contributed by atoms with van der Waals surface area (Å²) in [7, 11) is 1.82. The quantitative estimate of drug-likeness (QED) is 0.418. The summed E-state index contributed by atoms with van der Waals surface area (Å²) in [5, 5.41) is 21.7. The number of carbonyl (C=O) groups excluding carboxylic acids is 1. The molecular weight excluding hydrogens is 434 g/mol. The first-order valence-corrected chi connectivity index (χ1v) is 11.7. The molecule has 0 bridgehead atoms. The fourth-order valence-corrected chi connectivity index (χ4v) is 5.10. The zero-order valence-corrected chi connectivity index (χ0v) is 18.9. The number of rotatable bonds is 5. The maximum atomic E-state index is 13.1. The SMILES string of the molecule is CNc1cc(-c2cn([C@H]3CCOC3)c3ncccc23)nc2c(C(=O)N[C@@H]3CCC[C@@H]3O)cnn12. The van der Waals surface area contributed by atoms with Crippen molar-refractivity contribution in [1.29, 1.82) is 0 Å². The highest BCUT2D eigenvalue weighted by atomic mass is 16.5. The van der Waals surface area contributed by atoms with Gasteiger partial charge in [0.15, 0.2) is 5.65 Å². The molecule has 2 aliphatic rings. The van der Waals surface area contributed by atoms with Gasteiger partial charge in [-0.05, 0) is 37.8 Å². The monoisotopic (exact) mass is 461 g/mol. The van der Waals surface area contributed by atoms with Crippen LogP contribution in [0.4, 0.5) is 5.82 Å². The van der Waals surface area contributed by atoms with E-state index in [9.17, 15) is 9.90 Å². The van der Waals surface area contributed by atoms with Crippen molar-refractivity contribution in [3.05, 3.63) is 42.4 Å². The topological polar surface area (TPSA) is 119 Å². The van der Waals surface area contributed by atoms with Crippen LogP contribution in [0.5, 0.6) is 0 Å². The fraction of sp³-hybridized carbons (Fsp3) is 0.417. The van der Waals surface area contributed by atoms with Crippen molar-refractivity contribution in [2.75, 3.05) is 25.6 Å². The van der Waals surface area contributed by atoms with Crippen molar-refractivity contribution < 1.29 is 14.6 Å². The lowest BCUT2D eigenvalue weighted by molar-refractivity contribution is 0.0874. The second-order valence-electron chi connectivity index (χ2n) is 8.99. The van der Waals surface area contributed by atoms with E-state index in [0.29, 0.717) is 30.1 Å². The Hall–Kier alpha value is -3.50. The number of aliphatic hydroxyl groups excluding tert-OH is 1. The van der Waals surface area contributed by atoms with Gasteiger partial charge in [0.1, 0.15) is 17.0 Å². The van der Waals surface area contributed by atoms with Gasteiger partial charge in [0.2, 0.25) is 0 Å². The number of anilines is 1. The first-order valence-electron chi connectivity index (χ1n) is 11.7. The molecule has 6 rings (SSSR count). The smallest absolute Gasteiger partial charge is 0.257 e. The highest BCUT2D eigenvalue weighted by Crippen LogP contribution is 2.34. The summed E-state index contributed by atoms with van der Waals surface area (Å²) >= 11 is 0. The molecule has 5 heterocycles. The van der Waals surface area contributed by atoms with E-state index in [1.54, 1.807) is 10.7 Å². The number of pyridine rings is 1. The summed E-state index contributed by atoms with van der Waals surface area (Å²) in [6.45, 7) is 1.40. The van der Waals surface area contributed by atoms with Crippen LogP contribution in [0.1, 0.15) is 42.1 Å². The number of aromatic nitrogens is 5. The minimum Gasteiger partial charge on any atom is -0.391 e. The molecule has 10 nitrogen and oxygen atoms in total. The standard InChI is InChI=1S/C24H27N7O3/c1-25-21-10-19(17-12-30(14-7-9-34-13-14)22-15(17)4-3-8-26-22)28-23-16(11-27-31(21)23)24(33)29-18-5-2-6-20(18)32/h3-4,8,10-12,14,18,20,25,32H,2,5-7,9,13H2,1H3,(H,29,33)/t14-,18+,20-/m0/s1. The Morgan fingerprint density at radius 2 is 2.18 bits per heavy atom. The molecule has 0 unspecified atom stereocenters. The van der Waals surface area contributed by atoms with Crippen molar-refractivity contribution in [2.45, 2.75) is 43.9 Å². The molecule has 1 saturated carbocycles. The lowest BCUT2D eigenvalue weighted by atomic mass is 10.1. The predicted molar refractivity (Wildman–Crippen MR) is 127 cm³/mol. The third-order valence-corrected chi connectivity index (χ3v) is 6.93. The molecule has 4 aromatic rings. The van der Waals surface area contributed by atoms with Gasteiger partial charge >= 0.3 is 0 Å². The van der Waals surface area contributed by atoms with Crippen molar-refractivity contribution in [2.24, 2.45) is 0 Å². The zero-order chi connectivity index (χ0) is 23.2. The molecule has 3 N–H and O–H groups in total. The number of hydrogen-bond donors (Lipinski definition) is 3. The predicted octanol–water partition coefficient (Wildman–Crippen LogP) is 2.39. The first kappa shape index (κ1) is 21.1. The molecule has 34 heavy (non-hydrogen) atoms. The van der Waals surface area contributed by atoms with Gasteiger partial charge in [-0.1, -0.05) is 0 Å².